The van der Waals surface area contributed by atoms with Crippen LogP contribution < -0.4 is 16.0 Å². The van der Waals surface area contributed by atoms with Crippen LogP contribution in [0.3, 0.4) is 0 Å². The van der Waals surface area contributed by atoms with E-state index in [2.05, 4.69) is 16.0 Å². The van der Waals surface area contributed by atoms with Crippen molar-refractivity contribution in [2.24, 2.45) is 0 Å². The number of carboxylic acid groups (broad SMARTS) is 1. The van der Waals surface area contributed by atoms with Crippen LogP contribution in [0.5, 0.6) is 0 Å². The summed E-state index contributed by atoms with van der Waals surface area (Å²) < 4.78 is 63.4. The Bertz CT molecular complexity index is 2090. The first kappa shape index (κ1) is 67.8. The average molecular weight is 1200 g/mol. The predicted molar refractivity (Wildman–Crippen MR) is 251 cm³/mol. The smallest absolute Gasteiger partial charge is 0.364 e. The SMILES string of the molecule is CC(=O)N[C@H]1[C@H](O[C@H]2[C@@H](O)[C@@H](CO)O[C@@H](O[C@@H]3[C@@H](O)[C@H](O)O[C@H](CO)[C@H]3O)[C@@H]2O)O[C@H](CO)[C@@H](O[C@@H]2O[C@H](CO)[C@H](O[C@@H]3O[C@H](CO)[C@H](O)[C@H](O)[C@H]3NC(C)=O)[C@H](O[C@]3(C(=O)O)C[C@H](O)[C@@H](NC(C)=O)[C@H]([C@H](O)[C@H](O)CO)O3)[C@H]2O)[C@@H]1O. The number of carboxylic acids is 1. The molecule has 82 heavy (non-hydrogen) atoms. The van der Waals surface area contributed by atoms with Crippen molar-refractivity contribution in [1.82, 2.24) is 16.0 Å². The van der Waals surface area contributed by atoms with Crippen LogP contribution in [0.1, 0.15) is 27.2 Å². The van der Waals surface area contributed by atoms with Crippen LogP contribution in [0.4, 0.5) is 0 Å². The minimum absolute atomic E-state index is 0.871. The molecule has 6 saturated heterocycles. The minimum atomic E-state index is -3.37. The Kier molecular flexibility index (Phi) is 23.9. The third-order valence-corrected chi connectivity index (χ3v) is 14.6. The van der Waals surface area contributed by atoms with Gasteiger partial charge in [-0.1, -0.05) is 0 Å². The first-order chi connectivity index (χ1) is 38.6. The molecule has 0 bridgehead atoms. The number of aliphatic carboxylic acids is 1. The monoisotopic (exact) mass is 1200 g/mol. The molecular formula is C45H75N3O34. The van der Waals surface area contributed by atoms with E-state index >= 15 is 0 Å². The second-order valence-corrected chi connectivity index (χ2v) is 20.4. The molecule has 0 radical (unpaired) electrons. The molecule has 6 aliphatic heterocycles. The third-order valence-electron chi connectivity index (χ3n) is 14.6. The molecule has 0 aliphatic carbocycles. The first-order valence-electron chi connectivity index (χ1n) is 25.7. The lowest BCUT2D eigenvalue weighted by atomic mass is 9.88. The molecule has 6 rings (SSSR count). The zero-order valence-electron chi connectivity index (χ0n) is 43.9. The fourth-order valence-electron chi connectivity index (χ4n) is 10.4. The standard InChI is InChI=1S/C45H75N3O34/c1-11(55)46-21-14(58)4-45(44(70)71,81-35(21)24(60)15(59)5-49)82-38-32(68)43(76-20(10-54)34(38)78-40-22(47-12(2)56)28(64)25(61)16(6-50)73-40)77-33-19(9-53)75-41(23(29(33)65)48-13(3)57)79-37-27(63)18(8-52)74-42(31(37)67)80-36-26(62)17(7-51)72-39(69)30(36)66/h14-43,49-54,58-69H,4-10H2,1-3H3,(H,46,55)(H,47,56)(H,48,57)(H,70,71)/t14-,15+,16+,17+,18+,19+,20+,21+,22+,23+,24+,25-,26+,27-,28+,29+,30+,31+,32+,33+,34-,35+,36-,37-,38+,39+,40-,41-,42-,43-,45-/m0/s1. The van der Waals surface area contributed by atoms with E-state index in [0.29, 0.717) is 0 Å². The van der Waals surface area contributed by atoms with Gasteiger partial charge in [0.15, 0.2) is 31.5 Å². The Hall–Kier alpha value is -3.28. The maximum Gasteiger partial charge on any atom is 0.364 e. The van der Waals surface area contributed by atoms with E-state index in [-0.39, 0.29) is 0 Å². The highest BCUT2D eigenvalue weighted by Gasteiger charge is 2.62. The highest BCUT2D eigenvalue weighted by atomic mass is 16.8. The number of amides is 3. The molecule has 0 spiro atoms. The molecule has 6 fully saturated rings. The molecule has 37 heteroatoms. The highest BCUT2D eigenvalue weighted by molar-refractivity contribution is 5.77. The van der Waals surface area contributed by atoms with Crippen LogP contribution >= 0.6 is 0 Å². The van der Waals surface area contributed by atoms with E-state index in [0.717, 1.165) is 20.8 Å². The molecule has 0 aromatic carbocycles. The van der Waals surface area contributed by atoms with Gasteiger partial charge in [-0.05, 0) is 0 Å². The second kappa shape index (κ2) is 28.9. The number of aliphatic hydroxyl groups excluding tert-OH is 18. The molecular weight excluding hydrogens is 1130 g/mol. The van der Waals surface area contributed by atoms with E-state index in [4.69, 9.17) is 52.1 Å². The minimum Gasteiger partial charge on any atom is -0.477 e. The Labute approximate surface area is 463 Å². The number of aliphatic hydroxyl groups is 18. The summed E-state index contributed by atoms with van der Waals surface area (Å²) in [6, 6.07) is -5.49. The average Bonchev–Trinajstić information content (AvgIpc) is 1.85. The Morgan fingerprint density at radius 2 is 0.878 bits per heavy atom. The molecule has 0 aromatic rings. The number of ether oxygens (including phenoxy) is 11. The molecule has 0 aromatic heterocycles. The lowest BCUT2D eigenvalue weighted by Crippen LogP contribution is -2.72. The van der Waals surface area contributed by atoms with Gasteiger partial charge >= 0.3 is 5.97 Å². The normalized spacial score (nSPS) is 46.3. The van der Waals surface area contributed by atoms with Crippen molar-refractivity contribution >= 4 is 23.7 Å². The number of carbonyl (C=O) groups excluding carboxylic acids is 3. The molecule has 0 unspecified atom stereocenters. The fourth-order valence-corrected chi connectivity index (χ4v) is 10.4. The van der Waals surface area contributed by atoms with Crippen LogP contribution in [0.15, 0.2) is 0 Å². The van der Waals surface area contributed by atoms with E-state index in [1.54, 1.807) is 0 Å². The fraction of sp³-hybridized carbons (Fsp3) is 0.911. The Morgan fingerprint density at radius 3 is 1.39 bits per heavy atom. The largest absolute Gasteiger partial charge is 0.477 e. The molecule has 3 amide bonds. The molecule has 37 nitrogen and oxygen atoms in total. The third kappa shape index (κ3) is 14.6. The van der Waals surface area contributed by atoms with Crippen LogP contribution in [0.2, 0.25) is 0 Å². The summed E-state index contributed by atoms with van der Waals surface area (Å²) in [4.78, 5) is 51.0. The zero-order valence-corrected chi connectivity index (χ0v) is 43.9. The van der Waals surface area contributed by atoms with E-state index in [1.165, 1.54) is 0 Å². The van der Waals surface area contributed by atoms with Gasteiger partial charge in [-0.25, -0.2) is 4.79 Å². The van der Waals surface area contributed by atoms with E-state index in [9.17, 15) is 116 Å². The maximum absolute atomic E-state index is 13.5. The topological polar surface area (TPSA) is 590 Å². The van der Waals surface area contributed by atoms with Crippen molar-refractivity contribution in [1.29, 1.82) is 0 Å². The number of hydrogen-bond donors (Lipinski definition) is 22. The maximum atomic E-state index is 13.5. The molecule has 0 saturated carbocycles. The van der Waals surface area contributed by atoms with Gasteiger partial charge in [0, 0.05) is 27.2 Å². The van der Waals surface area contributed by atoms with Gasteiger partial charge in [0.2, 0.25) is 17.7 Å². The molecule has 31 atom stereocenters. The quantitative estimate of drug-likeness (QED) is 0.0479. The number of carbonyl (C=O) groups is 4. The van der Waals surface area contributed by atoms with Crippen LogP contribution in [0, 0.1) is 0 Å². The summed E-state index contributed by atoms with van der Waals surface area (Å²) in [6.45, 7) is -3.73. The van der Waals surface area contributed by atoms with Gasteiger partial charge in [0.25, 0.3) is 5.79 Å². The predicted octanol–water partition coefficient (Wildman–Crippen LogP) is -14.5. The van der Waals surface area contributed by atoms with Gasteiger partial charge in [0.1, 0.15) is 140 Å². The van der Waals surface area contributed by atoms with Crippen molar-refractivity contribution in [3.63, 3.8) is 0 Å². The molecule has 474 valence electrons. The van der Waals surface area contributed by atoms with E-state index < -0.39 is 259 Å². The summed E-state index contributed by atoms with van der Waals surface area (Å²) in [7, 11) is 0. The van der Waals surface area contributed by atoms with Crippen LogP contribution in [0.25, 0.3) is 0 Å². The molecule has 22 N–H and O–H groups in total. The number of rotatable bonds is 22. The van der Waals surface area contributed by atoms with Crippen LogP contribution in [-0.4, -0.2) is 350 Å². The van der Waals surface area contributed by atoms with Crippen molar-refractivity contribution < 1.29 is 168 Å². The zero-order chi connectivity index (χ0) is 61.0. The Balaban J connectivity index is 1.36. The highest BCUT2D eigenvalue weighted by Crippen LogP contribution is 2.41. The number of nitrogens with one attached hydrogen (secondary N) is 3. The lowest BCUT2D eigenvalue weighted by Gasteiger charge is -2.52. The molecule has 6 heterocycles. The summed E-state index contributed by atoms with van der Waals surface area (Å²) in [5.74, 6) is -8.23. The second-order valence-electron chi connectivity index (χ2n) is 20.4. The summed E-state index contributed by atoms with van der Waals surface area (Å²) in [6.07, 6.45) is -57.3. The van der Waals surface area contributed by atoms with Crippen molar-refractivity contribution in [3.8, 4) is 0 Å². The first-order valence-corrected chi connectivity index (χ1v) is 25.7. The van der Waals surface area contributed by atoms with Gasteiger partial charge in [-0.3, -0.25) is 14.4 Å². The van der Waals surface area contributed by atoms with Gasteiger partial charge in [0.05, 0.1) is 51.8 Å². The molecule has 6 aliphatic rings. The van der Waals surface area contributed by atoms with Gasteiger partial charge in [-0.15, -0.1) is 0 Å². The summed E-state index contributed by atoms with van der Waals surface area (Å²) >= 11 is 0. The van der Waals surface area contributed by atoms with Crippen molar-refractivity contribution in [2.45, 2.75) is 217 Å². The summed E-state index contributed by atoms with van der Waals surface area (Å²) in [5, 5.41) is 213. The lowest BCUT2D eigenvalue weighted by molar-refractivity contribution is -0.401. The van der Waals surface area contributed by atoms with Gasteiger partial charge < -0.3 is 165 Å². The van der Waals surface area contributed by atoms with Crippen molar-refractivity contribution in [2.75, 3.05) is 39.6 Å². The van der Waals surface area contributed by atoms with Crippen LogP contribution in [-0.2, 0) is 71.3 Å². The van der Waals surface area contributed by atoms with Gasteiger partial charge in [-0.2, -0.15) is 0 Å². The van der Waals surface area contributed by atoms with Crippen molar-refractivity contribution in [3.05, 3.63) is 0 Å². The van der Waals surface area contributed by atoms with E-state index in [1.807, 2.05) is 0 Å². The number of hydrogen-bond acceptors (Lipinski definition) is 33. The summed E-state index contributed by atoms with van der Waals surface area (Å²) in [5.41, 5.74) is 0. The Morgan fingerprint density at radius 1 is 0.476 bits per heavy atom.